The summed E-state index contributed by atoms with van der Waals surface area (Å²) in [5.41, 5.74) is 3.81. The molecule has 3 aromatic rings. The fraction of sp³-hybridized carbons (Fsp3) is 0.429. The quantitative estimate of drug-likeness (QED) is 0.628. The van der Waals surface area contributed by atoms with Crippen LogP contribution in [0.5, 0.6) is 11.5 Å². The van der Waals surface area contributed by atoms with Gasteiger partial charge < -0.3 is 14.8 Å². The van der Waals surface area contributed by atoms with Crippen molar-refractivity contribution in [1.82, 2.24) is 24.9 Å². The second kappa shape index (κ2) is 8.89. The Balaban J connectivity index is 1.65. The maximum absolute atomic E-state index is 12.5. The van der Waals surface area contributed by atoms with E-state index in [1.54, 1.807) is 11.6 Å². The smallest absolute Gasteiger partial charge is 0.252 e. The van der Waals surface area contributed by atoms with Crippen LogP contribution in [0.1, 0.15) is 48.8 Å². The number of nitrogens with one attached hydrogen (secondary N) is 1. The van der Waals surface area contributed by atoms with Crippen LogP contribution in [0.4, 0.5) is 0 Å². The monoisotopic (exact) mass is 397 g/mol. The van der Waals surface area contributed by atoms with Gasteiger partial charge >= 0.3 is 0 Å². The minimum Gasteiger partial charge on any atom is -0.493 e. The van der Waals surface area contributed by atoms with Gasteiger partial charge in [0.05, 0.1) is 19.8 Å². The Morgan fingerprint density at radius 1 is 1.28 bits per heavy atom. The highest BCUT2D eigenvalue weighted by Gasteiger charge is 2.15. The third-order valence-electron chi connectivity index (χ3n) is 4.96. The van der Waals surface area contributed by atoms with Crippen LogP contribution < -0.4 is 14.8 Å². The molecule has 8 heteroatoms. The zero-order chi connectivity index (χ0) is 21.0. The van der Waals surface area contributed by atoms with Crippen molar-refractivity contribution >= 4 is 11.7 Å². The first-order valence-electron chi connectivity index (χ1n) is 9.70. The molecule has 3 rings (SSSR count). The lowest BCUT2D eigenvalue weighted by Gasteiger charge is -2.17. The number of carbonyl (C=O) groups excluding carboxylic acids is 1. The second-order valence-corrected chi connectivity index (χ2v) is 6.87. The molecule has 2 heterocycles. The number of ether oxygens (including phenoxy) is 2. The van der Waals surface area contributed by atoms with Crippen molar-refractivity contribution in [3.8, 4) is 11.5 Å². The van der Waals surface area contributed by atoms with Gasteiger partial charge in [0, 0.05) is 17.8 Å². The Labute approximate surface area is 170 Å². The van der Waals surface area contributed by atoms with Gasteiger partial charge in [0.2, 0.25) is 5.91 Å². The van der Waals surface area contributed by atoms with Crippen molar-refractivity contribution in [2.45, 2.75) is 46.6 Å². The fourth-order valence-electron chi connectivity index (χ4n) is 3.38. The molecule has 0 saturated heterocycles. The van der Waals surface area contributed by atoms with E-state index in [4.69, 9.17) is 9.47 Å². The van der Waals surface area contributed by atoms with E-state index in [1.807, 2.05) is 45.9 Å². The molecule has 1 aromatic carbocycles. The van der Waals surface area contributed by atoms with E-state index in [0.29, 0.717) is 36.7 Å². The summed E-state index contributed by atoms with van der Waals surface area (Å²) in [5.74, 6) is 1.90. The van der Waals surface area contributed by atoms with Gasteiger partial charge in [-0.05, 0) is 57.4 Å². The van der Waals surface area contributed by atoms with Gasteiger partial charge in [-0.15, -0.1) is 0 Å². The highest BCUT2D eigenvalue weighted by Crippen LogP contribution is 2.30. The third-order valence-corrected chi connectivity index (χ3v) is 4.96. The molecule has 0 bridgehead atoms. The average Bonchev–Trinajstić information content (AvgIpc) is 3.16. The SMILES string of the molecule is CCOc1ccc(C(C)NC(=O)CCc2c(C)nc3ncnn3c2C)cc1OC. The van der Waals surface area contributed by atoms with Gasteiger partial charge in [-0.2, -0.15) is 10.1 Å². The highest BCUT2D eigenvalue weighted by molar-refractivity contribution is 5.76. The first-order chi connectivity index (χ1) is 13.9. The topological polar surface area (TPSA) is 90.6 Å². The number of methoxy groups -OCH3 is 1. The molecule has 0 aliphatic carbocycles. The zero-order valence-corrected chi connectivity index (χ0v) is 17.5. The molecular formula is C21H27N5O3. The molecule has 8 nitrogen and oxygen atoms in total. The predicted octanol–water partition coefficient (Wildman–Crippen LogP) is 2.96. The molecule has 1 N–H and O–H groups in total. The lowest BCUT2D eigenvalue weighted by molar-refractivity contribution is -0.121. The lowest BCUT2D eigenvalue weighted by Crippen LogP contribution is -2.27. The maximum atomic E-state index is 12.5. The Hall–Kier alpha value is -3.16. The second-order valence-electron chi connectivity index (χ2n) is 6.87. The summed E-state index contributed by atoms with van der Waals surface area (Å²) in [7, 11) is 1.61. The number of rotatable bonds is 8. The van der Waals surface area contributed by atoms with Crippen molar-refractivity contribution in [2.24, 2.45) is 0 Å². The molecule has 0 saturated carbocycles. The Kier molecular flexibility index (Phi) is 6.31. The summed E-state index contributed by atoms with van der Waals surface area (Å²) in [6.45, 7) is 8.35. The van der Waals surface area contributed by atoms with Crippen LogP contribution in [0.2, 0.25) is 0 Å². The summed E-state index contributed by atoms with van der Waals surface area (Å²) < 4.78 is 12.6. The number of hydrogen-bond acceptors (Lipinski definition) is 6. The molecule has 1 unspecified atom stereocenters. The van der Waals surface area contributed by atoms with Crippen LogP contribution >= 0.6 is 0 Å². The number of amides is 1. The molecule has 29 heavy (non-hydrogen) atoms. The standard InChI is InChI=1S/C21H27N5O3/c1-6-29-18-9-7-16(11-19(18)28-5)13(2)24-20(27)10-8-17-14(3)25-21-22-12-23-26(21)15(17)4/h7,9,11-13H,6,8,10H2,1-5H3,(H,24,27). The van der Waals surface area contributed by atoms with Crippen molar-refractivity contribution in [3.05, 3.63) is 47.0 Å². The molecule has 0 radical (unpaired) electrons. The minimum absolute atomic E-state index is 0.0251. The van der Waals surface area contributed by atoms with Crippen molar-refractivity contribution < 1.29 is 14.3 Å². The first kappa shape index (κ1) is 20.6. The van der Waals surface area contributed by atoms with Gasteiger partial charge in [0.1, 0.15) is 6.33 Å². The van der Waals surface area contributed by atoms with Crippen LogP contribution in [0, 0.1) is 13.8 Å². The largest absolute Gasteiger partial charge is 0.493 e. The van der Waals surface area contributed by atoms with Gasteiger partial charge in [0.15, 0.2) is 11.5 Å². The summed E-state index contributed by atoms with van der Waals surface area (Å²) in [5, 5.41) is 7.24. The number of fused-ring (bicyclic) bond motifs is 1. The molecule has 0 aliphatic rings. The zero-order valence-electron chi connectivity index (χ0n) is 17.5. The minimum atomic E-state index is -0.148. The van der Waals surface area contributed by atoms with E-state index in [9.17, 15) is 4.79 Å². The average molecular weight is 397 g/mol. The van der Waals surface area contributed by atoms with Gasteiger partial charge in [-0.25, -0.2) is 9.50 Å². The van der Waals surface area contributed by atoms with Crippen LogP contribution in [0.3, 0.4) is 0 Å². The number of aromatic nitrogens is 4. The van der Waals surface area contributed by atoms with Gasteiger partial charge in [-0.3, -0.25) is 4.79 Å². The summed E-state index contributed by atoms with van der Waals surface area (Å²) in [6, 6.07) is 5.55. The molecule has 0 fully saturated rings. The number of benzene rings is 1. The van der Waals surface area contributed by atoms with Gasteiger partial charge in [-0.1, -0.05) is 6.07 Å². The van der Waals surface area contributed by atoms with E-state index < -0.39 is 0 Å². The van der Waals surface area contributed by atoms with E-state index in [-0.39, 0.29) is 11.9 Å². The van der Waals surface area contributed by atoms with Crippen molar-refractivity contribution in [2.75, 3.05) is 13.7 Å². The number of carbonyl (C=O) groups is 1. The van der Waals surface area contributed by atoms with Crippen molar-refractivity contribution in [3.63, 3.8) is 0 Å². The first-order valence-corrected chi connectivity index (χ1v) is 9.70. The molecule has 2 aromatic heterocycles. The normalized spacial score (nSPS) is 12.0. The molecule has 0 aliphatic heterocycles. The summed E-state index contributed by atoms with van der Waals surface area (Å²) in [6.07, 6.45) is 2.44. The van der Waals surface area contributed by atoms with E-state index in [2.05, 4.69) is 20.4 Å². The van der Waals surface area contributed by atoms with Crippen LogP contribution in [-0.4, -0.2) is 39.2 Å². The van der Waals surface area contributed by atoms with Crippen LogP contribution in [0.25, 0.3) is 5.78 Å². The van der Waals surface area contributed by atoms with Crippen LogP contribution in [-0.2, 0) is 11.2 Å². The maximum Gasteiger partial charge on any atom is 0.252 e. The van der Waals surface area contributed by atoms with Gasteiger partial charge in [0.25, 0.3) is 5.78 Å². The molecule has 154 valence electrons. The third kappa shape index (κ3) is 4.47. The predicted molar refractivity (Wildman–Crippen MR) is 109 cm³/mol. The Bertz CT molecular complexity index is 1010. The van der Waals surface area contributed by atoms with Crippen molar-refractivity contribution in [1.29, 1.82) is 0 Å². The van der Waals surface area contributed by atoms with E-state index >= 15 is 0 Å². The molecular weight excluding hydrogens is 370 g/mol. The lowest BCUT2D eigenvalue weighted by atomic mass is 10.0. The van der Waals surface area contributed by atoms with E-state index in [0.717, 1.165) is 22.5 Å². The summed E-state index contributed by atoms with van der Waals surface area (Å²) in [4.78, 5) is 21.1. The molecule has 1 amide bonds. The van der Waals surface area contributed by atoms with Crippen LogP contribution in [0.15, 0.2) is 24.5 Å². The molecule has 1 atom stereocenters. The fourth-order valence-corrected chi connectivity index (χ4v) is 3.38. The van der Waals surface area contributed by atoms with E-state index in [1.165, 1.54) is 6.33 Å². The number of nitrogens with zero attached hydrogens (tertiary/aromatic N) is 4. The number of aryl methyl sites for hydroxylation is 2. The highest BCUT2D eigenvalue weighted by atomic mass is 16.5. The Morgan fingerprint density at radius 3 is 2.79 bits per heavy atom. The number of hydrogen-bond donors (Lipinski definition) is 1. The Morgan fingerprint density at radius 2 is 2.07 bits per heavy atom. The summed E-state index contributed by atoms with van der Waals surface area (Å²) >= 11 is 0. The molecule has 0 spiro atoms.